The van der Waals surface area contributed by atoms with Crippen molar-refractivity contribution < 1.29 is 10.0 Å². The summed E-state index contributed by atoms with van der Waals surface area (Å²) in [7, 11) is 0. The molecule has 0 saturated heterocycles. The molecule has 70 valence electrons. The number of hydrogen-bond donors (Lipinski definition) is 1. The molecule has 0 unspecified atom stereocenters. The average Bonchev–Trinajstić information content (AvgIpc) is 2.07. The maximum absolute atomic E-state index is 10.4. The van der Waals surface area contributed by atoms with Crippen LogP contribution in [0.5, 0.6) is 5.75 Å². The molecule has 1 N–H and O–H groups in total. The maximum atomic E-state index is 10.4. The number of halogens is 3. The molecule has 0 aliphatic carbocycles. The van der Waals surface area contributed by atoms with Crippen molar-refractivity contribution in [2.24, 2.45) is 0 Å². The van der Waals surface area contributed by atoms with Crippen LogP contribution in [0.1, 0.15) is 0 Å². The van der Waals surface area contributed by atoms with Gasteiger partial charge in [0.05, 0.1) is 13.9 Å². The first-order chi connectivity index (χ1) is 5.95. The van der Waals surface area contributed by atoms with Crippen molar-refractivity contribution in [3.63, 3.8) is 0 Å². The SMILES string of the molecule is O=[N+]([O-])c1cc(Br)c(Br)c(Br)c1O. The minimum Gasteiger partial charge on any atom is -0.501 e. The third-order valence-electron chi connectivity index (χ3n) is 1.31. The summed E-state index contributed by atoms with van der Waals surface area (Å²) in [5.41, 5.74) is -0.345. The van der Waals surface area contributed by atoms with Crippen molar-refractivity contribution in [3.8, 4) is 5.75 Å². The molecule has 1 rings (SSSR count). The predicted octanol–water partition coefficient (Wildman–Crippen LogP) is 3.59. The highest BCUT2D eigenvalue weighted by Crippen LogP contribution is 2.43. The van der Waals surface area contributed by atoms with E-state index in [1.54, 1.807) is 0 Å². The summed E-state index contributed by atoms with van der Waals surface area (Å²) in [5.74, 6) is -0.389. The zero-order chi connectivity index (χ0) is 10.2. The number of phenolic OH excluding ortho intramolecular Hbond substituents is 1. The first-order valence-corrected chi connectivity index (χ1v) is 5.34. The number of phenols is 1. The molecule has 4 nitrogen and oxygen atoms in total. The largest absolute Gasteiger partial charge is 0.501 e. The van der Waals surface area contributed by atoms with E-state index in [1.165, 1.54) is 6.07 Å². The van der Waals surface area contributed by atoms with Crippen LogP contribution < -0.4 is 0 Å². The summed E-state index contributed by atoms with van der Waals surface area (Å²) in [6.07, 6.45) is 0. The van der Waals surface area contributed by atoms with Gasteiger partial charge in [-0.05, 0) is 47.8 Å². The van der Waals surface area contributed by atoms with Crippen molar-refractivity contribution in [2.75, 3.05) is 0 Å². The van der Waals surface area contributed by atoms with E-state index in [2.05, 4.69) is 47.8 Å². The normalized spacial score (nSPS) is 10.1. The van der Waals surface area contributed by atoms with Crippen molar-refractivity contribution in [1.29, 1.82) is 0 Å². The molecule has 0 amide bonds. The van der Waals surface area contributed by atoms with Gasteiger partial charge in [-0.2, -0.15) is 0 Å². The Balaban J connectivity index is 3.50. The highest BCUT2D eigenvalue weighted by atomic mass is 79.9. The van der Waals surface area contributed by atoms with Gasteiger partial charge >= 0.3 is 5.69 Å². The number of benzene rings is 1. The van der Waals surface area contributed by atoms with E-state index in [-0.39, 0.29) is 15.9 Å². The Hall–Kier alpha value is -0.140. The minimum absolute atomic E-state index is 0.258. The zero-order valence-electron chi connectivity index (χ0n) is 5.92. The molecule has 0 heterocycles. The number of aromatic hydroxyl groups is 1. The van der Waals surface area contributed by atoms with Crippen molar-refractivity contribution in [1.82, 2.24) is 0 Å². The molecule has 0 aliphatic rings. The van der Waals surface area contributed by atoms with E-state index in [4.69, 9.17) is 0 Å². The summed E-state index contributed by atoms with van der Waals surface area (Å²) in [6, 6.07) is 1.23. The lowest BCUT2D eigenvalue weighted by atomic mass is 10.3. The van der Waals surface area contributed by atoms with Crippen LogP contribution in [-0.4, -0.2) is 10.0 Å². The minimum atomic E-state index is -0.655. The molecule has 0 radical (unpaired) electrons. The first kappa shape index (κ1) is 10.9. The molecule has 0 fully saturated rings. The topological polar surface area (TPSA) is 63.4 Å². The van der Waals surface area contributed by atoms with E-state index in [9.17, 15) is 15.2 Å². The molecule has 0 aromatic heterocycles. The summed E-state index contributed by atoms with van der Waals surface area (Å²) >= 11 is 9.26. The lowest BCUT2D eigenvalue weighted by molar-refractivity contribution is -0.386. The number of hydrogen-bond acceptors (Lipinski definition) is 3. The standard InChI is InChI=1S/C6H2Br3NO3/c7-2-1-3(10(12)13)6(11)5(9)4(2)8/h1,11H. The summed E-state index contributed by atoms with van der Waals surface area (Å²) < 4.78 is 1.30. The number of nitro benzene ring substituents is 1. The third-order valence-corrected chi connectivity index (χ3v) is 4.60. The van der Waals surface area contributed by atoms with Gasteiger partial charge in [0.1, 0.15) is 0 Å². The summed E-state index contributed by atoms with van der Waals surface area (Å²) in [5, 5.41) is 19.8. The fourth-order valence-electron chi connectivity index (χ4n) is 0.712. The maximum Gasteiger partial charge on any atom is 0.313 e. The molecule has 0 saturated carbocycles. The second kappa shape index (κ2) is 3.93. The van der Waals surface area contributed by atoms with E-state index >= 15 is 0 Å². The van der Waals surface area contributed by atoms with Crippen LogP contribution in [0.25, 0.3) is 0 Å². The van der Waals surface area contributed by atoms with Crippen LogP contribution in [0.3, 0.4) is 0 Å². The molecule has 13 heavy (non-hydrogen) atoms. The summed E-state index contributed by atoms with van der Waals surface area (Å²) in [6.45, 7) is 0. The van der Waals surface area contributed by atoms with Crippen molar-refractivity contribution >= 4 is 53.5 Å². The van der Waals surface area contributed by atoms with Crippen LogP contribution in [0.15, 0.2) is 19.5 Å². The monoisotopic (exact) mass is 373 g/mol. The van der Waals surface area contributed by atoms with Crippen LogP contribution in [-0.2, 0) is 0 Å². The van der Waals surface area contributed by atoms with Crippen molar-refractivity contribution in [2.45, 2.75) is 0 Å². The molecule has 7 heteroatoms. The Morgan fingerprint density at radius 3 is 2.31 bits per heavy atom. The highest BCUT2D eigenvalue weighted by Gasteiger charge is 2.20. The second-order valence-corrected chi connectivity index (χ2v) is 4.55. The lowest BCUT2D eigenvalue weighted by Crippen LogP contribution is -1.90. The third kappa shape index (κ3) is 2.03. The van der Waals surface area contributed by atoms with Gasteiger partial charge < -0.3 is 5.11 Å². The molecule has 0 atom stereocenters. The Bertz CT molecular complexity index is 380. The number of nitrogens with zero attached hydrogens (tertiary/aromatic N) is 1. The van der Waals surface area contributed by atoms with Gasteiger partial charge in [-0.3, -0.25) is 10.1 Å². The zero-order valence-corrected chi connectivity index (χ0v) is 10.7. The van der Waals surface area contributed by atoms with Crippen LogP contribution >= 0.6 is 47.8 Å². The number of rotatable bonds is 1. The molecule has 0 spiro atoms. The van der Waals surface area contributed by atoms with Gasteiger partial charge in [-0.25, -0.2) is 0 Å². The van der Waals surface area contributed by atoms with Crippen LogP contribution in [0.4, 0.5) is 5.69 Å². The van der Waals surface area contributed by atoms with Crippen molar-refractivity contribution in [3.05, 3.63) is 29.6 Å². The first-order valence-electron chi connectivity index (χ1n) is 2.96. The van der Waals surface area contributed by atoms with Crippen LogP contribution in [0, 0.1) is 10.1 Å². The summed E-state index contributed by atoms with van der Waals surface area (Å²) in [4.78, 5) is 9.77. The average molecular weight is 376 g/mol. The predicted molar refractivity (Wildman–Crippen MR) is 57.9 cm³/mol. The van der Waals surface area contributed by atoms with E-state index < -0.39 is 4.92 Å². The van der Waals surface area contributed by atoms with Gasteiger partial charge in [0.2, 0.25) is 5.75 Å². The van der Waals surface area contributed by atoms with E-state index in [0.717, 1.165) is 0 Å². The molecule has 1 aromatic carbocycles. The van der Waals surface area contributed by atoms with Gasteiger partial charge in [-0.15, -0.1) is 0 Å². The fourth-order valence-corrected chi connectivity index (χ4v) is 2.11. The fraction of sp³-hybridized carbons (Fsp3) is 0. The highest BCUT2D eigenvalue weighted by molar-refractivity contribution is 9.14. The molecular formula is C6H2Br3NO3. The molecule has 0 aliphatic heterocycles. The molecule has 1 aromatic rings. The van der Waals surface area contributed by atoms with Gasteiger partial charge in [0.15, 0.2) is 0 Å². The molecule has 0 bridgehead atoms. The Morgan fingerprint density at radius 1 is 1.31 bits per heavy atom. The Morgan fingerprint density at radius 2 is 1.85 bits per heavy atom. The van der Waals surface area contributed by atoms with Crippen LogP contribution in [0.2, 0.25) is 0 Å². The van der Waals surface area contributed by atoms with E-state index in [1.807, 2.05) is 0 Å². The lowest BCUT2D eigenvalue weighted by Gasteiger charge is -2.02. The number of nitro groups is 1. The smallest absolute Gasteiger partial charge is 0.313 e. The molecular weight excluding hydrogens is 374 g/mol. The Kier molecular flexibility index (Phi) is 3.31. The van der Waals surface area contributed by atoms with E-state index in [0.29, 0.717) is 8.95 Å². The quantitative estimate of drug-likeness (QED) is 0.463. The van der Waals surface area contributed by atoms with Gasteiger partial charge in [-0.1, -0.05) is 0 Å². The van der Waals surface area contributed by atoms with Gasteiger partial charge in [0.25, 0.3) is 0 Å². The Labute approximate surface area is 98.5 Å². The second-order valence-electron chi connectivity index (χ2n) is 2.11. The van der Waals surface area contributed by atoms with Gasteiger partial charge in [0, 0.05) is 10.5 Å².